The van der Waals surface area contributed by atoms with E-state index in [1.54, 1.807) is 0 Å². The lowest BCUT2D eigenvalue weighted by Crippen LogP contribution is -2.38. The molecule has 3 N–H and O–H groups in total. The molecule has 0 fully saturated rings. The molecule has 2 amide bonds. The first kappa shape index (κ1) is 21.0. The average molecular weight is 378 g/mol. The van der Waals surface area contributed by atoms with E-state index in [-0.39, 0.29) is 30.4 Å². The first-order valence-corrected chi connectivity index (χ1v) is 7.47. The van der Waals surface area contributed by atoms with Gasteiger partial charge in [0.25, 0.3) is 5.91 Å². The predicted octanol–water partition coefficient (Wildman–Crippen LogP) is 1.89. The minimum atomic E-state index is -4.45. The Labute approximate surface area is 149 Å². The van der Waals surface area contributed by atoms with Crippen LogP contribution in [-0.2, 0) is 11.0 Å². The van der Waals surface area contributed by atoms with E-state index in [0.29, 0.717) is 6.54 Å². The van der Waals surface area contributed by atoms with Crippen molar-refractivity contribution in [1.82, 2.24) is 16.0 Å². The van der Waals surface area contributed by atoms with Gasteiger partial charge in [0.2, 0.25) is 5.91 Å². The molecule has 0 saturated heterocycles. The van der Waals surface area contributed by atoms with Crippen molar-refractivity contribution in [3.05, 3.63) is 47.0 Å². The van der Waals surface area contributed by atoms with Crippen molar-refractivity contribution < 1.29 is 22.8 Å². The van der Waals surface area contributed by atoms with Gasteiger partial charge in [-0.3, -0.25) is 9.59 Å². The van der Waals surface area contributed by atoms with E-state index < -0.39 is 17.6 Å². The van der Waals surface area contributed by atoms with Crippen LogP contribution >= 0.6 is 12.4 Å². The average Bonchev–Trinajstić information content (AvgIpc) is 2.58. The van der Waals surface area contributed by atoms with Crippen LogP contribution in [0, 0.1) is 0 Å². The topological polar surface area (TPSA) is 70.2 Å². The van der Waals surface area contributed by atoms with Crippen LogP contribution in [0.25, 0.3) is 0 Å². The fourth-order valence-electron chi connectivity index (χ4n) is 2.18. The van der Waals surface area contributed by atoms with E-state index in [2.05, 4.69) is 16.0 Å². The highest BCUT2D eigenvalue weighted by Gasteiger charge is 2.30. The van der Waals surface area contributed by atoms with Gasteiger partial charge >= 0.3 is 6.18 Å². The minimum Gasteiger partial charge on any atom is -0.351 e. The number of carbonyl (C=O) groups excluding carboxylic acids is 2. The van der Waals surface area contributed by atoms with Crippen LogP contribution in [0.4, 0.5) is 13.2 Å². The number of rotatable bonds is 5. The van der Waals surface area contributed by atoms with Crippen LogP contribution in [-0.4, -0.2) is 38.0 Å². The first-order valence-electron chi connectivity index (χ1n) is 7.47. The van der Waals surface area contributed by atoms with Crippen LogP contribution in [0.3, 0.4) is 0 Å². The Morgan fingerprint density at radius 2 is 1.80 bits per heavy atom. The van der Waals surface area contributed by atoms with Crippen molar-refractivity contribution >= 4 is 24.2 Å². The fourth-order valence-corrected chi connectivity index (χ4v) is 2.18. The van der Waals surface area contributed by atoms with Gasteiger partial charge < -0.3 is 16.0 Å². The van der Waals surface area contributed by atoms with E-state index >= 15 is 0 Å². The smallest absolute Gasteiger partial charge is 0.351 e. The quantitative estimate of drug-likeness (QED) is 0.686. The van der Waals surface area contributed by atoms with Gasteiger partial charge in [0, 0.05) is 18.7 Å². The van der Waals surface area contributed by atoms with Crippen molar-refractivity contribution in [2.45, 2.75) is 12.6 Å². The second-order valence-corrected chi connectivity index (χ2v) is 5.35. The molecular formula is C16H19ClF3N3O2. The Kier molecular flexibility index (Phi) is 7.92. The van der Waals surface area contributed by atoms with E-state index in [0.717, 1.165) is 49.3 Å². The second-order valence-electron chi connectivity index (χ2n) is 5.35. The van der Waals surface area contributed by atoms with Gasteiger partial charge in [-0.25, -0.2) is 0 Å². The van der Waals surface area contributed by atoms with Gasteiger partial charge in [0.05, 0.1) is 12.1 Å². The number of alkyl halides is 3. The van der Waals surface area contributed by atoms with Gasteiger partial charge in [0.15, 0.2) is 0 Å². The van der Waals surface area contributed by atoms with Crippen molar-refractivity contribution in [3.63, 3.8) is 0 Å². The molecular weight excluding hydrogens is 359 g/mol. The highest BCUT2D eigenvalue weighted by atomic mass is 35.5. The molecule has 0 aliphatic carbocycles. The number of carbonyl (C=O) groups is 2. The third kappa shape index (κ3) is 6.75. The zero-order valence-electron chi connectivity index (χ0n) is 13.3. The molecule has 2 rings (SSSR count). The molecule has 9 heteroatoms. The van der Waals surface area contributed by atoms with Gasteiger partial charge in [-0.15, -0.1) is 12.4 Å². The maximum Gasteiger partial charge on any atom is 0.416 e. The van der Waals surface area contributed by atoms with Gasteiger partial charge in [-0.1, -0.05) is 11.6 Å². The van der Waals surface area contributed by atoms with Crippen LogP contribution in [0.5, 0.6) is 0 Å². The first-order chi connectivity index (χ1) is 11.4. The SMILES string of the molecule is Cl.O=C(CNC(=O)c1ccc(C(F)(F)F)cc1)NCC1=CCNCC1. The van der Waals surface area contributed by atoms with Crippen molar-refractivity contribution in [1.29, 1.82) is 0 Å². The Hall–Kier alpha value is -2.06. The summed E-state index contributed by atoms with van der Waals surface area (Å²) >= 11 is 0. The third-order valence-corrected chi connectivity index (χ3v) is 3.55. The summed E-state index contributed by atoms with van der Waals surface area (Å²) in [4.78, 5) is 23.5. The monoisotopic (exact) mass is 377 g/mol. The van der Waals surface area contributed by atoms with Crippen LogP contribution in [0.1, 0.15) is 22.3 Å². The maximum absolute atomic E-state index is 12.5. The van der Waals surface area contributed by atoms with Crippen LogP contribution in [0.2, 0.25) is 0 Å². The number of halogens is 4. The van der Waals surface area contributed by atoms with Gasteiger partial charge in [-0.05, 0) is 37.2 Å². The lowest BCUT2D eigenvalue weighted by atomic mass is 10.1. The van der Waals surface area contributed by atoms with Crippen molar-refractivity contribution in [2.24, 2.45) is 0 Å². The van der Waals surface area contributed by atoms with Crippen molar-refractivity contribution in [2.75, 3.05) is 26.2 Å². The zero-order chi connectivity index (χ0) is 17.6. The number of amides is 2. The van der Waals surface area contributed by atoms with Crippen LogP contribution in [0.15, 0.2) is 35.9 Å². The highest BCUT2D eigenvalue weighted by Crippen LogP contribution is 2.28. The molecule has 1 aliphatic heterocycles. The summed E-state index contributed by atoms with van der Waals surface area (Å²) < 4.78 is 37.4. The standard InChI is InChI=1S/C16H18F3N3O2.ClH/c17-16(18,19)13-3-1-12(2-4-13)15(24)22-10-14(23)21-9-11-5-7-20-8-6-11;/h1-5,20H,6-10H2,(H,21,23)(H,22,24);1H. The molecule has 1 aliphatic rings. The van der Waals surface area contributed by atoms with E-state index in [9.17, 15) is 22.8 Å². The Morgan fingerprint density at radius 3 is 2.36 bits per heavy atom. The Bertz CT molecular complexity index is 631. The van der Waals surface area contributed by atoms with E-state index in [4.69, 9.17) is 0 Å². The minimum absolute atomic E-state index is 0. The normalized spacial score (nSPS) is 14.1. The van der Waals surface area contributed by atoms with E-state index in [1.165, 1.54) is 0 Å². The second kappa shape index (κ2) is 9.43. The fraction of sp³-hybridized carbons (Fsp3) is 0.375. The maximum atomic E-state index is 12.5. The Balaban J connectivity index is 0.00000312. The molecule has 0 spiro atoms. The molecule has 0 aromatic heterocycles. The van der Waals surface area contributed by atoms with Gasteiger partial charge in [0.1, 0.15) is 0 Å². The zero-order valence-corrected chi connectivity index (χ0v) is 14.1. The van der Waals surface area contributed by atoms with Gasteiger partial charge in [-0.2, -0.15) is 13.2 Å². The summed E-state index contributed by atoms with van der Waals surface area (Å²) in [5.74, 6) is -0.949. The molecule has 1 heterocycles. The molecule has 1 aromatic carbocycles. The lowest BCUT2D eigenvalue weighted by Gasteiger charge is -2.14. The molecule has 5 nitrogen and oxygen atoms in total. The predicted molar refractivity (Wildman–Crippen MR) is 89.6 cm³/mol. The largest absolute Gasteiger partial charge is 0.416 e. The Morgan fingerprint density at radius 1 is 1.12 bits per heavy atom. The third-order valence-electron chi connectivity index (χ3n) is 3.55. The summed E-state index contributed by atoms with van der Waals surface area (Å²) in [6.07, 6.45) is -1.58. The molecule has 138 valence electrons. The summed E-state index contributed by atoms with van der Waals surface area (Å²) in [5, 5.41) is 8.23. The molecule has 0 bridgehead atoms. The van der Waals surface area contributed by atoms with Crippen LogP contribution < -0.4 is 16.0 Å². The summed E-state index contributed by atoms with van der Waals surface area (Å²) in [5.41, 5.74) is 0.361. The summed E-state index contributed by atoms with van der Waals surface area (Å²) in [6.45, 7) is 1.84. The van der Waals surface area contributed by atoms with Crippen molar-refractivity contribution in [3.8, 4) is 0 Å². The number of benzene rings is 1. The molecule has 0 unspecified atom stereocenters. The number of hydrogen-bond donors (Lipinski definition) is 3. The molecule has 0 saturated carbocycles. The summed E-state index contributed by atoms with van der Waals surface area (Å²) in [6, 6.07) is 3.82. The molecule has 0 radical (unpaired) electrons. The summed E-state index contributed by atoms with van der Waals surface area (Å²) in [7, 11) is 0. The molecule has 0 atom stereocenters. The van der Waals surface area contributed by atoms with E-state index in [1.807, 2.05) is 6.08 Å². The molecule has 25 heavy (non-hydrogen) atoms. The lowest BCUT2D eigenvalue weighted by molar-refractivity contribution is -0.137. The highest BCUT2D eigenvalue weighted by molar-refractivity contribution is 5.96. The number of nitrogens with one attached hydrogen (secondary N) is 3. The molecule has 1 aromatic rings. The number of hydrogen-bond acceptors (Lipinski definition) is 3.